The summed E-state index contributed by atoms with van der Waals surface area (Å²) < 4.78 is 5.61. The van der Waals surface area contributed by atoms with Crippen molar-refractivity contribution in [3.05, 3.63) is 22.2 Å². The molecular weight excluding hydrogens is 246 g/mol. The van der Waals surface area contributed by atoms with Gasteiger partial charge in [-0.05, 0) is 19.8 Å². The van der Waals surface area contributed by atoms with E-state index < -0.39 is 4.92 Å². The summed E-state index contributed by atoms with van der Waals surface area (Å²) >= 11 is 0. The molecule has 1 heterocycles. The highest BCUT2D eigenvalue weighted by atomic mass is 16.6. The zero-order valence-electron chi connectivity index (χ0n) is 11.7. The lowest BCUT2D eigenvalue weighted by Crippen LogP contribution is -2.13. The SMILES string of the molecule is CCCNc1cc([N+](=O)[O-])cc(OC(C)CCC)n1. The molecule has 106 valence electrons. The van der Waals surface area contributed by atoms with Crippen LogP contribution in [0.5, 0.6) is 5.88 Å². The highest BCUT2D eigenvalue weighted by Gasteiger charge is 2.13. The lowest BCUT2D eigenvalue weighted by molar-refractivity contribution is -0.384. The topological polar surface area (TPSA) is 77.3 Å². The quantitative estimate of drug-likeness (QED) is 0.577. The number of nitrogens with zero attached hydrogens (tertiary/aromatic N) is 2. The van der Waals surface area contributed by atoms with E-state index >= 15 is 0 Å². The van der Waals surface area contributed by atoms with Crippen molar-refractivity contribution in [1.29, 1.82) is 0 Å². The lowest BCUT2D eigenvalue weighted by Gasteiger charge is -2.13. The highest BCUT2D eigenvalue weighted by molar-refractivity contribution is 5.48. The molecule has 1 rings (SSSR count). The summed E-state index contributed by atoms with van der Waals surface area (Å²) in [5.74, 6) is 0.781. The molecule has 19 heavy (non-hydrogen) atoms. The molecule has 0 aliphatic carbocycles. The van der Waals surface area contributed by atoms with Gasteiger partial charge < -0.3 is 10.1 Å². The summed E-state index contributed by atoms with van der Waals surface area (Å²) in [6, 6.07) is 2.79. The standard InChI is InChI=1S/C13H21N3O3/c1-4-6-10(3)19-13-9-11(16(17)18)8-12(15-13)14-7-5-2/h8-10H,4-7H2,1-3H3,(H,14,15). The first-order chi connectivity index (χ1) is 9.06. The molecule has 0 aromatic carbocycles. The van der Waals surface area contributed by atoms with Gasteiger partial charge >= 0.3 is 0 Å². The van der Waals surface area contributed by atoms with Gasteiger partial charge in [0, 0.05) is 6.54 Å². The van der Waals surface area contributed by atoms with Gasteiger partial charge in [-0.3, -0.25) is 10.1 Å². The second-order valence-electron chi connectivity index (χ2n) is 4.45. The van der Waals surface area contributed by atoms with Crippen molar-refractivity contribution in [3.63, 3.8) is 0 Å². The number of nitrogens with one attached hydrogen (secondary N) is 1. The normalized spacial score (nSPS) is 11.9. The van der Waals surface area contributed by atoms with Crippen LogP contribution in [-0.4, -0.2) is 22.6 Å². The van der Waals surface area contributed by atoms with E-state index in [-0.39, 0.29) is 11.8 Å². The minimum atomic E-state index is -0.434. The van der Waals surface area contributed by atoms with E-state index in [0.717, 1.165) is 25.8 Å². The first-order valence-electron chi connectivity index (χ1n) is 6.63. The third-order valence-corrected chi connectivity index (χ3v) is 2.57. The summed E-state index contributed by atoms with van der Waals surface area (Å²) in [6.07, 6.45) is 2.81. The van der Waals surface area contributed by atoms with Gasteiger partial charge in [0.15, 0.2) is 0 Å². The van der Waals surface area contributed by atoms with Crippen molar-refractivity contribution in [1.82, 2.24) is 4.98 Å². The van der Waals surface area contributed by atoms with E-state index in [1.807, 2.05) is 13.8 Å². The molecule has 0 fully saturated rings. The molecule has 0 saturated carbocycles. The molecule has 0 spiro atoms. The van der Waals surface area contributed by atoms with E-state index in [4.69, 9.17) is 4.74 Å². The Hall–Kier alpha value is -1.85. The molecule has 1 N–H and O–H groups in total. The average molecular weight is 267 g/mol. The Bertz CT molecular complexity index is 424. The van der Waals surface area contributed by atoms with Gasteiger partial charge in [0.2, 0.25) is 5.88 Å². The van der Waals surface area contributed by atoms with E-state index in [1.54, 1.807) is 0 Å². The van der Waals surface area contributed by atoms with Crippen LogP contribution in [-0.2, 0) is 0 Å². The second kappa shape index (κ2) is 7.56. The highest BCUT2D eigenvalue weighted by Crippen LogP contribution is 2.23. The number of nitro groups is 1. The van der Waals surface area contributed by atoms with Crippen molar-refractivity contribution >= 4 is 11.5 Å². The van der Waals surface area contributed by atoms with Crippen molar-refractivity contribution < 1.29 is 9.66 Å². The minimum absolute atomic E-state index is 0.00136. The van der Waals surface area contributed by atoms with Gasteiger partial charge in [-0.15, -0.1) is 0 Å². The zero-order chi connectivity index (χ0) is 14.3. The van der Waals surface area contributed by atoms with Crippen molar-refractivity contribution in [2.45, 2.75) is 46.1 Å². The number of anilines is 1. The van der Waals surface area contributed by atoms with Crippen molar-refractivity contribution in [2.75, 3.05) is 11.9 Å². The summed E-state index contributed by atoms with van der Waals surface area (Å²) in [6.45, 7) is 6.74. The number of aromatic nitrogens is 1. The van der Waals surface area contributed by atoms with Gasteiger partial charge in [0.25, 0.3) is 5.69 Å². The molecule has 0 bridgehead atoms. The van der Waals surface area contributed by atoms with Crippen LogP contribution < -0.4 is 10.1 Å². The number of hydrogen-bond donors (Lipinski definition) is 1. The Kier molecular flexibility index (Phi) is 6.05. The predicted octanol–water partition coefficient (Wildman–Crippen LogP) is 3.38. The Morgan fingerprint density at radius 1 is 1.42 bits per heavy atom. The van der Waals surface area contributed by atoms with Gasteiger partial charge in [0.1, 0.15) is 5.82 Å². The molecule has 6 heteroatoms. The molecule has 0 aliphatic rings. The molecule has 0 aliphatic heterocycles. The molecule has 6 nitrogen and oxygen atoms in total. The van der Waals surface area contributed by atoms with Crippen molar-refractivity contribution in [3.8, 4) is 5.88 Å². The van der Waals surface area contributed by atoms with Crippen LogP contribution in [0.3, 0.4) is 0 Å². The molecular formula is C13H21N3O3. The fourth-order valence-electron chi connectivity index (χ4n) is 1.67. The van der Waals surface area contributed by atoms with Crippen LogP contribution >= 0.6 is 0 Å². The number of pyridine rings is 1. The number of ether oxygens (including phenoxy) is 1. The minimum Gasteiger partial charge on any atom is -0.474 e. The summed E-state index contributed by atoms with van der Waals surface area (Å²) in [5.41, 5.74) is -0.00713. The van der Waals surface area contributed by atoms with Gasteiger partial charge in [-0.1, -0.05) is 20.3 Å². The summed E-state index contributed by atoms with van der Waals surface area (Å²) in [4.78, 5) is 14.7. The molecule has 1 aromatic rings. The zero-order valence-corrected chi connectivity index (χ0v) is 11.7. The predicted molar refractivity (Wildman–Crippen MR) is 74.7 cm³/mol. The van der Waals surface area contributed by atoms with Crippen molar-refractivity contribution in [2.24, 2.45) is 0 Å². The second-order valence-corrected chi connectivity index (χ2v) is 4.45. The van der Waals surface area contributed by atoms with Gasteiger partial charge in [-0.2, -0.15) is 4.98 Å². The van der Waals surface area contributed by atoms with Crippen LogP contribution in [0.15, 0.2) is 12.1 Å². The van der Waals surface area contributed by atoms with E-state index in [1.165, 1.54) is 12.1 Å². The van der Waals surface area contributed by atoms with E-state index in [0.29, 0.717) is 11.7 Å². The molecule has 0 amide bonds. The summed E-state index contributed by atoms with van der Waals surface area (Å²) in [7, 11) is 0. The molecule has 1 atom stereocenters. The Morgan fingerprint density at radius 2 is 2.16 bits per heavy atom. The Labute approximate surface area is 113 Å². The van der Waals surface area contributed by atoms with E-state index in [9.17, 15) is 10.1 Å². The fourth-order valence-corrected chi connectivity index (χ4v) is 1.67. The van der Waals surface area contributed by atoms with Crippen LogP contribution in [0.25, 0.3) is 0 Å². The van der Waals surface area contributed by atoms with Crippen LogP contribution in [0.2, 0.25) is 0 Å². The van der Waals surface area contributed by atoms with Crippen LogP contribution in [0, 0.1) is 10.1 Å². The summed E-state index contributed by atoms with van der Waals surface area (Å²) in [5, 5.41) is 13.9. The van der Waals surface area contributed by atoms with Gasteiger partial charge in [0.05, 0.1) is 23.2 Å². The van der Waals surface area contributed by atoms with Gasteiger partial charge in [-0.25, -0.2) is 0 Å². The van der Waals surface area contributed by atoms with E-state index in [2.05, 4.69) is 17.2 Å². The monoisotopic (exact) mass is 267 g/mol. The first kappa shape index (κ1) is 15.2. The Morgan fingerprint density at radius 3 is 2.74 bits per heavy atom. The number of rotatable bonds is 8. The largest absolute Gasteiger partial charge is 0.474 e. The first-order valence-corrected chi connectivity index (χ1v) is 6.63. The third-order valence-electron chi connectivity index (χ3n) is 2.57. The molecule has 0 radical (unpaired) electrons. The maximum absolute atomic E-state index is 10.9. The molecule has 1 aromatic heterocycles. The smallest absolute Gasteiger partial charge is 0.278 e. The maximum Gasteiger partial charge on any atom is 0.278 e. The third kappa shape index (κ3) is 5.11. The lowest BCUT2D eigenvalue weighted by atomic mass is 10.2. The fraction of sp³-hybridized carbons (Fsp3) is 0.615. The molecule has 0 saturated heterocycles. The van der Waals surface area contributed by atoms with Crippen LogP contribution in [0.4, 0.5) is 11.5 Å². The maximum atomic E-state index is 10.9. The average Bonchev–Trinajstić information content (AvgIpc) is 2.36. The van der Waals surface area contributed by atoms with Crippen LogP contribution in [0.1, 0.15) is 40.0 Å². The number of hydrogen-bond acceptors (Lipinski definition) is 5. The molecule has 1 unspecified atom stereocenters. The Balaban J connectivity index is 2.89.